The molecule has 5 nitrogen and oxygen atoms in total. The number of ether oxygens (including phenoxy) is 1. The summed E-state index contributed by atoms with van der Waals surface area (Å²) in [6.45, 7) is 1.62. The molecule has 0 aromatic heterocycles. The fraction of sp³-hybridized carbons (Fsp3) is 0.200. The lowest BCUT2D eigenvalue weighted by Crippen LogP contribution is -2.38. The number of nitrogens with one attached hydrogen (secondary N) is 1. The third-order valence-corrected chi connectivity index (χ3v) is 5.76. The third kappa shape index (κ3) is 5.25. The van der Waals surface area contributed by atoms with Gasteiger partial charge in [-0.05, 0) is 73.5 Å². The van der Waals surface area contributed by atoms with E-state index in [1.807, 2.05) is 60.7 Å². The molecule has 158 valence electrons. The number of hydrogen-bond acceptors (Lipinski definition) is 4. The molecule has 3 aromatic carbocycles. The SMILES string of the molecule is O=Cc1ccc(N2CCC(C(=O)Nc3ccc(Oc4ccccc4Cl)cc3)CC2)cc1. The molecule has 31 heavy (non-hydrogen) atoms. The molecule has 0 bridgehead atoms. The molecule has 1 amide bonds. The van der Waals surface area contributed by atoms with Crippen LogP contribution in [-0.2, 0) is 4.79 Å². The topological polar surface area (TPSA) is 58.6 Å². The Morgan fingerprint density at radius 1 is 0.968 bits per heavy atom. The highest BCUT2D eigenvalue weighted by Crippen LogP contribution is 2.30. The van der Waals surface area contributed by atoms with Gasteiger partial charge in [0.1, 0.15) is 17.8 Å². The van der Waals surface area contributed by atoms with Gasteiger partial charge in [-0.1, -0.05) is 23.7 Å². The molecule has 0 saturated carbocycles. The summed E-state index contributed by atoms with van der Waals surface area (Å²) >= 11 is 6.12. The molecule has 1 heterocycles. The second-order valence-electron chi connectivity index (χ2n) is 7.52. The smallest absolute Gasteiger partial charge is 0.227 e. The Kier molecular flexibility index (Phi) is 6.53. The average Bonchev–Trinajstić information content (AvgIpc) is 2.82. The maximum Gasteiger partial charge on any atom is 0.227 e. The van der Waals surface area contributed by atoms with E-state index in [1.165, 1.54) is 0 Å². The van der Waals surface area contributed by atoms with Crippen molar-refractivity contribution in [3.05, 3.63) is 83.4 Å². The maximum absolute atomic E-state index is 12.7. The number of carbonyl (C=O) groups is 2. The van der Waals surface area contributed by atoms with E-state index in [-0.39, 0.29) is 11.8 Å². The first-order valence-electron chi connectivity index (χ1n) is 10.3. The highest BCUT2D eigenvalue weighted by molar-refractivity contribution is 6.32. The van der Waals surface area contributed by atoms with Gasteiger partial charge in [-0.3, -0.25) is 9.59 Å². The Bertz CT molecular complexity index is 1040. The molecule has 6 heteroatoms. The highest BCUT2D eigenvalue weighted by atomic mass is 35.5. The molecule has 1 aliphatic rings. The summed E-state index contributed by atoms with van der Waals surface area (Å²) in [4.78, 5) is 25.8. The molecule has 1 N–H and O–H groups in total. The minimum Gasteiger partial charge on any atom is -0.456 e. The van der Waals surface area contributed by atoms with Crippen LogP contribution in [0.3, 0.4) is 0 Å². The van der Waals surface area contributed by atoms with Gasteiger partial charge in [-0.2, -0.15) is 0 Å². The molecule has 0 atom stereocenters. The minimum absolute atomic E-state index is 0.0236. The number of benzene rings is 3. The zero-order valence-electron chi connectivity index (χ0n) is 17.0. The van der Waals surface area contributed by atoms with E-state index in [9.17, 15) is 9.59 Å². The summed E-state index contributed by atoms with van der Waals surface area (Å²) in [5.41, 5.74) is 2.49. The van der Waals surface area contributed by atoms with Crippen LogP contribution in [-0.4, -0.2) is 25.3 Å². The molecule has 0 spiro atoms. The predicted molar refractivity (Wildman–Crippen MR) is 123 cm³/mol. The first-order valence-corrected chi connectivity index (χ1v) is 10.6. The monoisotopic (exact) mass is 434 g/mol. The Balaban J connectivity index is 1.29. The molecule has 1 aliphatic heterocycles. The number of nitrogens with zero attached hydrogens (tertiary/aromatic N) is 1. The molecule has 1 fully saturated rings. The Labute approximate surface area is 186 Å². The molecular weight excluding hydrogens is 412 g/mol. The third-order valence-electron chi connectivity index (χ3n) is 5.45. The Hall–Kier alpha value is -3.31. The lowest BCUT2D eigenvalue weighted by atomic mass is 9.95. The van der Waals surface area contributed by atoms with Gasteiger partial charge in [0.2, 0.25) is 5.91 Å². The summed E-state index contributed by atoms with van der Waals surface area (Å²) in [5.74, 6) is 1.26. The molecule has 1 saturated heterocycles. The summed E-state index contributed by atoms with van der Waals surface area (Å²) in [7, 11) is 0. The van der Waals surface area contributed by atoms with Crippen LogP contribution in [0.4, 0.5) is 11.4 Å². The number of aldehydes is 1. The molecule has 4 rings (SSSR count). The highest BCUT2D eigenvalue weighted by Gasteiger charge is 2.25. The van der Waals surface area contributed by atoms with E-state index in [4.69, 9.17) is 16.3 Å². The average molecular weight is 435 g/mol. The zero-order valence-corrected chi connectivity index (χ0v) is 17.7. The Morgan fingerprint density at radius 2 is 1.65 bits per heavy atom. The standard InChI is InChI=1S/C25H23ClN2O3/c26-23-3-1-2-4-24(23)31-22-11-7-20(8-12-22)27-25(30)19-13-15-28(16-14-19)21-9-5-18(17-29)6-10-21/h1-12,17,19H,13-16H2,(H,27,30). The normalized spacial score (nSPS) is 14.2. The van der Waals surface area contributed by atoms with Crippen molar-refractivity contribution in [1.82, 2.24) is 0 Å². The Morgan fingerprint density at radius 3 is 2.29 bits per heavy atom. The van der Waals surface area contributed by atoms with Crippen LogP contribution in [0.25, 0.3) is 0 Å². The van der Waals surface area contributed by atoms with Gasteiger partial charge >= 0.3 is 0 Å². The number of anilines is 2. The number of carbonyl (C=O) groups excluding carboxylic acids is 2. The van der Waals surface area contributed by atoms with E-state index in [0.29, 0.717) is 22.1 Å². The zero-order chi connectivity index (χ0) is 21.6. The molecular formula is C25H23ClN2O3. The van der Waals surface area contributed by atoms with E-state index in [0.717, 1.165) is 43.6 Å². The van der Waals surface area contributed by atoms with Crippen molar-refractivity contribution in [2.45, 2.75) is 12.8 Å². The first kappa shape index (κ1) is 20.9. The molecule has 3 aromatic rings. The van der Waals surface area contributed by atoms with Gasteiger partial charge in [-0.25, -0.2) is 0 Å². The maximum atomic E-state index is 12.7. The van der Waals surface area contributed by atoms with Crippen LogP contribution in [0, 0.1) is 5.92 Å². The largest absolute Gasteiger partial charge is 0.456 e. The second kappa shape index (κ2) is 9.67. The molecule has 0 aliphatic carbocycles. The van der Waals surface area contributed by atoms with E-state index in [2.05, 4.69) is 10.2 Å². The van der Waals surface area contributed by atoms with Crippen LogP contribution in [0.5, 0.6) is 11.5 Å². The van der Waals surface area contributed by atoms with Crippen molar-refractivity contribution < 1.29 is 14.3 Å². The van der Waals surface area contributed by atoms with Crippen molar-refractivity contribution in [3.63, 3.8) is 0 Å². The van der Waals surface area contributed by atoms with Crippen molar-refractivity contribution >= 4 is 35.2 Å². The van der Waals surface area contributed by atoms with Gasteiger partial charge in [0, 0.05) is 35.9 Å². The summed E-state index contributed by atoms with van der Waals surface area (Å²) in [5, 5.41) is 3.55. The quantitative estimate of drug-likeness (QED) is 0.498. The lowest BCUT2D eigenvalue weighted by Gasteiger charge is -2.33. The van der Waals surface area contributed by atoms with Crippen LogP contribution in [0.2, 0.25) is 5.02 Å². The van der Waals surface area contributed by atoms with Crippen molar-refractivity contribution in [1.29, 1.82) is 0 Å². The first-order chi connectivity index (χ1) is 15.1. The van der Waals surface area contributed by atoms with E-state index >= 15 is 0 Å². The number of halogens is 1. The van der Waals surface area contributed by atoms with Gasteiger partial charge in [-0.15, -0.1) is 0 Å². The second-order valence-corrected chi connectivity index (χ2v) is 7.92. The van der Waals surface area contributed by atoms with Crippen molar-refractivity contribution in [3.8, 4) is 11.5 Å². The fourth-order valence-corrected chi connectivity index (χ4v) is 3.84. The summed E-state index contributed by atoms with van der Waals surface area (Å²) < 4.78 is 5.78. The molecule has 0 unspecified atom stereocenters. The number of piperidine rings is 1. The van der Waals surface area contributed by atoms with Crippen LogP contribution in [0.1, 0.15) is 23.2 Å². The van der Waals surface area contributed by atoms with Crippen LogP contribution >= 0.6 is 11.6 Å². The van der Waals surface area contributed by atoms with Crippen molar-refractivity contribution in [2.75, 3.05) is 23.3 Å². The predicted octanol–water partition coefficient (Wildman–Crippen LogP) is 5.80. The van der Waals surface area contributed by atoms with Crippen LogP contribution in [0.15, 0.2) is 72.8 Å². The summed E-state index contributed by atoms with van der Waals surface area (Å²) in [6.07, 6.45) is 2.42. The number of hydrogen-bond donors (Lipinski definition) is 1. The fourth-order valence-electron chi connectivity index (χ4n) is 3.67. The number of amides is 1. The minimum atomic E-state index is -0.0236. The van der Waals surface area contributed by atoms with Gasteiger partial charge in [0.15, 0.2) is 0 Å². The number of para-hydroxylation sites is 1. The van der Waals surface area contributed by atoms with Crippen LogP contribution < -0.4 is 15.0 Å². The van der Waals surface area contributed by atoms with Gasteiger partial charge in [0.05, 0.1) is 5.02 Å². The molecule has 0 radical (unpaired) electrons. The number of rotatable bonds is 6. The van der Waals surface area contributed by atoms with E-state index in [1.54, 1.807) is 12.1 Å². The van der Waals surface area contributed by atoms with Crippen molar-refractivity contribution in [2.24, 2.45) is 5.92 Å². The van der Waals surface area contributed by atoms with Gasteiger partial charge in [0.25, 0.3) is 0 Å². The van der Waals surface area contributed by atoms with Gasteiger partial charge < -0.3 is 15.0 Å². The lowest BCUT2D eigenvalue weighted by molar-refractivity contribution is -0.120. The van der Waals surface area contributed by atoms with E-state index < -0.39 is 0 Å². The summed E-state index contributed by atoms with van der Waals surface area (Å²) in [6, 6.07) is 22.1.